The number of rotatable bonds is 7. The number of urea groups is 1. The fourth-order valence-electron chi connectivity index (χ4n) is 1.38. The van der Waals surface area contributed by atoms with E-state index in [1.54, 1.807) is 0 Å². The molecule has 2 atom stereocenters. The Hall–Kier alpha value is -1.79. The molecule has 0 aromatic rings. The number of carbonyl (C=O) groups is 3. The summed E-state index contributed by atoms with van der Waals surface area (Å²) < 4.78 is 4.44. The van der Waals surface area contributed by atoms with Gasteiger partial charge in [-0.15, -0.1) is 0 Å². The number of esters is 1. The summed E-state index contributed by atoms with van der Waals surface area (Å²) in [5.41, 5.74) is 0.0460. The van der Waals surface area contributed by atoms with Gasteiger partial charge < -0.3 is 20.5 Å². The number of carboxylic acid groups (broad SMARTS) is 1. The van der Waals surface area contributed by atoms with Gasteiger partial charge in [0.1, 0.15) is 6.04 Å². The lowest BCUT2D eigenvalue weighted by Crippen LogP contribution is -2.47. The smallest absolute Gasteiger partial charge is 0.326 e. The van der Waals surface area contributed by atoms with E-state index >= 15 is 0 Å². The van der Waals surface area contributed by atoms with Crippen LogP contribution in [0.4, 0.5) is 4.79 Å². The van der Waals surface area contributed by atoms with Crippen LogP contribution in [0.3, 0.4) is 0 Å². The number of methoxy groups -OCH3 is 1. The summed E-state index contributed by atoms with van der Waals surface area (Å²) in [5.74, 6) is -1.45. The lowest BCUT2D eigenvalue weighted by molar-refractivity contribution is -0.142. The molecule has 0 aliphatic rings. The molecule has 7 nitrogen and oxygen atoms in total. The fourth-order valence-corrected chi connectivity index (χ4v) is 1.38. The second-order valence-corrected chi connectivity index (χ2v) is 6.13. The van der Waals surface area contributed by atoms with Crippen LogP contribution < -0.4 is 10.6 Å². The Morgan fingerprint density at radius 2 is 1.81 bits per heavy atom. The number of carboxylic acids is 1. The third-order valence-corrected chi connectivity index (χ3v) is 3.52. The van der Waals surface area contributed by atoms with Crippen LogP contribution in [0.15, 0.2) is 0 Å². The standard InChI is InChI=1S/C14H26N2O5/c1-9(14(2,3)4)8-15-13(20)16-10(12(18)19)6-7-11(17)21-5/h9-10H,6-8H2,1-5H3,(H,18,19)(H2,15,16,20)/t9?,10-/m1/s1. The molecule has 0 heterocycles. The molecule has 0 saturated heterocycles. The molecule has 0 radical (unpaired) electrons. The second kappa shape index (κ2) is 8.49. The molecule has 0 aliphatic carbocycles. The van der Waals surface area contributed by atoms with Crippen molar-refractivity contribution in [1.29, 1.82) is 0 Å². The first-order valence-electron chi connectivity index (χ1n) is 6.92. The van der Waals surface area contributed by atoms with Crippen LogP contribution in [0.25, 0.3) is 0 Å². The first-order valence-corrected chi connectivity index (χ1v) is 6.92. The van der Waals surface area contributed by atoms with Crippen LogP contribution in [0.1, 0.15) is 40.5 Å². The predicted octanol–water partition coefficient (Wildman–Crippen LogP) is 1.37. The second-order valence-electron chi connectivity index (χ2n) is 6.13. The van der Waals surface area contributed by atoms with Crippen LogP contribution in [0, 0.1) is 11.3 Å². The molecule has 21 heavy (non-hydrogen) atoms. The molecule has 0 aromatic heterocycles. The molecular weight excluding hydrogens is 276 g/mol. The van der Waals surface area contributed by atoms with Crippen molar-refractivity contribution < 1.29 is 24.2 Å². The largest absolute Gasteiger partial charge is 0.480 e. The molecule has 1 unspecified atom stereocenters. The van der Waals surface area contributed by atoms with Crippen LogP contribution in [0.5, 0.6) is 0 Å². The molecule has 0 fully saturated rings. The maximum atomic E-state index is 11.7. The molecular formula is C14H26N2O5. The van der Waals surface area contributed by atoms with Gasteiger partial charge >= 0.3 is 18.0 Å². The van der Waals surface area contributed by atoms with Crippen molar-refractivity contribution in [2.75, 3.05) is 13.7 Å². The zero-order chi connectivity index (χ0) is 16.6. The van der Waals surface area contributed by atoms with E-state index in [0.717, 1.165) is 0 Å². The van der Waals surface area contributed by atoms with Crippen molar-refractivity contribution >= 4 is 18.0 Å². The van der Waals surface area contributed by atoms with E-state index in [2.05, 4.69) is 36.1 Å². The molecule has 0 saturated carbocycles. The third-order valence-electron chi connectivity index (χ3n) is 3.52. The van der Waals surface area contributed by atoms with E-state index in [1.807, 2.05) is 6.92 Å². The molecule has 7 heteroatoms. The van der Waals surface area contributed by atoms with E-state index in [1.165, 1.54) is 7.11 Å². The highest BCUT2D eigenvalue weighted by atomic mass is 16.5. The van der Waals surface area contributed by atoms with E-state index < -0.39 is 24.0 Å². The molecule has 3 N–H and O–H groups in total. The highest BCUT2D eigenvalue weighted by Gasteiger charge is 2.23. The van der Waals surface area contributed by atoms with E-state index in [9.17, 15) is 14.4 Å². The van der Waals surface area contributed by atoms with Crippen molar-refractivity contribution in [2.24, 2.45) is 11.3 Å². The Morgan fingerprint density at radius 3 is 2.24 bits per heavy atom. The highest BCUT2D eigenvalue weighted by molar-refractivity contribution is 5.83. The summed E-state index contributed by atoms with van der Waals surface area (Å²) in [6.45, 7) is 8.64. The van der Waals surface area contributed by atoms with Gasteiger partial charge in [-0.05, 0) is 17.8 Å². The minimum atomic E-state index is -1.18. The summed E-state index contributed by atoms with van der Waals surface area (Å²) in [6, 6.07) is -1.67. The van der Waals surface area contributed by atoms with E-state index in [0.29, 0.717) is 6.54 Å². The van der Waals surface area contributed by atoms with Gasteiger partial charge in [-0.3, -0.25) is 4.79 Å². The lowest BCUT2D eigenvalue weighted by Gasteiger charge is -2.27. The van der Waals surface area contributed by atoms with Crippen LogP contribution >= 0.6 is 0 Å². The van der Waals surface area contributed by atoms with Gasteiger partial charge in [-0.25, -0.2) is 9.59 Å². The quantitative estimate of drug-likeness (QED) is 0.616. The van der Waals surface area contributed by atoms with E-state index in [-0.39, 0.29) is 24.2 Å². The summed E-state index contributed by atoms with van der Waals surface area (Å²) in [7, 11) is 1.23. The maximum absolute atomic E-state index is 11.7. The fraction of sp³-hybridized carbons (Fsp3) is 0.786. The molecule has 0 spiro atoms. The van der Waals surface area contributed by atoms with Gasteiger partial charge in [0, 0.05) is 13.0 Å². The monoisotopic (exact) mass is 302 g/mol. The van der Waals surface area contributed by atoms with Gasteiger partial charge in [-0.2, -0.15) is 0 Å². The Balaban J connectivity index is 4.30. The molecule has 2 amide bonds. The van der Waals surface area contributed by atoms with Crippen LogP contribution in [-0.2, 0) is 14.3 Å². The van der Waals surface area contributed by atoms with E-state index in [4.69, 9.17) is 5.11 Å². The highest BCUT2D eigenvalue weighted by Crippen LogP contribution is 2.24. The van der Waals surface area contributed by atoms with Crippen molar-refractivity contribution in [3.63, 3.8) is 0 Å². The number of ether oxygens (including phenoxy) is 1. The summed E-state index contributed by atoms with van der Waals surface area (Å²) >= 11 is 0. The van der Waals surface area contributed by atoms with Gasteiger partial charge in [-0.1, -0.05) is 27.7 Å². The van der Waals surface area contributed by atoms with Gasteiger partial charge in [0.05, 0.1) is 7.11 Å². The van der Waals surface area contributed by atoms with Crippen molar-refractivity contribution in [2.45, 2.75) is 46.6 Å². The van der Waals surface area contributed by atoms with Crippen molar-refractivity contribution in [3.8, 4) is 0 Å². The molecule has 0 bridgehead atoms. The average molecular weight is 302 g/mol. The predicted molar refractivity (Wildman–Crippen MR) is 77.8 cm³/mol. The minimum Gasteiger partial charge on any atom is -0.480 e. The molecule has 0 aromatic carbocycles. The summed E-state index contributed by atoms with van der Waals surface area (Å²) in [5, 5.41) is 14.0. The Morgan fingerprint density at radius 1 is 1.24 bits per heavy atom. The Kier molecular flexibility index (Phi) is 7.76. The van der Waals surface area contributed by atoms with Gasteiger partial charge in [0.15, 0.2) is 0 Å². The maximum Gasteiger partial charge on any atom is 0.326 e. The number of nitrogens with one attached hydrogen (secondary N) is 2. The molecule has 122 valence electrons. The summed E-state index contributed by atoms with van der Waals surface area (Å²) in [4.78, 5) is 33.7. The van der Waals surface area contributed by atoms with Crippen LogP contribution in [0.2, 0.25) is 0 Å². The van der Waals surface area contributed by atoms with Crippen molar-refractivity contribution in [3.05, 3.63) is 0 Å². The molecule has 0 aliphatic heterocycles. The average Bonchev–Trinajstić information content (AvgIpc) is 2.38. The SMILES string of the molecule is COC(=O)CC[C@@H](NC(=O)NCC(C)C(C)(C)C)C(=O)O. The van der Waals surface area contributed by atoms with Gasteiger partial charge in [0.2, 0.25) is 0 Å². The number of hydrogen-bond donors (Lipinski definition) is 3. The minimum absolute atomic E-state index is 0.00967. The summed E-state index contributed by atoms with van der Waals surface area (Å²) in [6.07, 6.45) is -0.0730. The van der Waals surface area contributed by atoms with Crippen LogP contribution in [-0.4, -0.2) is 42.8 Å². The zero-order valence-corrected chi connectivity index (χ0v) is 13.4. The normalized spacial score (nSPS) is 14.0. The Labute approximate surface area is 125 Å². The number of amides is 2. The Bertz CT molecular complexity index is 376. The van der Waals surface area contributed by atoms with Gasteiger partial charge in [0.25, 0.3) is 0 Å². The first-order chi connectivity index (χ1) is 9.57. The number of hydrogen-bond acceptors (Lipinski definition) is 4. The number of carbonyl (C=O) groups excluding carboxylic acids is 2. The third kappa shape index (κ3) is 8.16. The first kappa shape index (κ1) is 19.2. The lowest BCUT2D eigenvalue weighted by atomic mass is 9.82. The number of aliphatic carboxylic acids is 1. The van der Waals surface area contributed by atoms with Crippen molar-refractivity contribution in [1.82, 2.24) is 10.6 Å². The topological polar surface area (TPSA) is 105 Å². The molecule has 0 rings (SSSR count). The zero-order valence-electron chi connectivity index (χ0n) is 13.4.